The van der Waals surface area contributed by atoms with Gasteiger partial charge in [-0.05, 0) is 57.0 Å². The summed E-state index contributed by atoms with van der Waals surface area (Å²) in [6.45, 7) is 3.64. The van der Waals surface area contributed by atoms with Crippen LogP contribution < -0.4 is 10.9 Å². The van der Waals surface area contributed by atoms with Gasteiger partial charge in [0, 0.05) is 16.9 Å². The van der Waals surface area contributed by atoms with E-state index in [2.05, 4.69) is 16.4 Å². The van der Waals surface area contributed by atoms with Crippen molar-refractivity contribution in [1.82, 2.24) is 14.8 Å². The maximum Gasteiger partial charge on any atom is 0.261 e. The Labute approximate surface area is 184 Å². The summed E-state index contributed by atoms with van der Waals surface area (Å²) in [6, 6.07) is 11.1. The van der Waals surface area contributed by atoms with Gasteiger partial charge in [0.15, 0.2) is 5.82 Å². The van der Waals surface area contributed by atoms with Crippen LogP contribution in [0.4, 0.5) is 11.5 Å². The normalized spacial score (nSPS) is 21.7. The Hall–Kier alpha value is -2.86. The molecule has 1 saturated heterocycles. The fourth-order valence-electron chi connectivity index (χ4n) is 4.09. The van der Waals surface area contributed by atoms with Gasteiger partial charge in [-0.2, -0.15) is 10.4 Å². The maximum absolute atomic E-state index is 12.7. The summed E-state index contributed by atoms with van der Waals surface area (Å²) >= 11 is 5.97. The van der Waals surface area contributed by atoms with E-state index in [1.54, 1.807) is 55.1 Å². The van der Waals surface area contributed by atoms with Crippen LogP contribution >= 0.6 is 11.6 Å². The number of fused-ring (bicyclic) bond motifs is 1. The van der Waals surface area contributed by atoms with Gasteiger partial charge < -0.3 is 20.1 Å². The average molecular weight is 442 g/mol. The number of pyridine rings is 1. The number of nitrogens with zero attached hydrogens (tertiary/aromatic N) is 3. The third-order valence-corrected chi connectivity index (χ3v) is 6.03. The molecule has 8 nitrogen and oxygen atoms in total. The lowest BCUT2D eigenvalue weighted by Crippen LogP contribution is -2.50. The zero-order valence-electron chi connectivity index (χ0n) is 17.4. The quantitative estimate of drug-likeness (QED) is 0.556. The molecule has 3 aromatic rings. The minimum atomic E-state index is -0.983. The summed E-state index contributed by atoms with van der Waals surface area (Å²) in [4.78, 5) is 15.4. The van der Waals surface area contributed by atoms with Crippen molar-refractivity contribution in [3.05, 3.63) is 51.9 Å². The Morgan fingerprint density at radius 3 is 2.77 bits per heavy atom. The molecule has 0 radical (unpaired) electrons. The van der Waals surface area contributed by atoms with Gasteiger partial charge in [0.05, 0.1) is 41.9 Å². The third-order valence-electron chi connectivity index (χ3n) is 5.78. The van der Waals surface area contributed by atoms with Gasteiger partial charge in [0.25, 0.3) is 5.56 Å². The molecule has 0 unspecified atom stereocenters. The molecule has 9 heteroatoms. The standard InChI is InChI=1S/C22H24ClN5O3/c1-21(2,30)17-7-9-22(10-11-24,13-31-17)28-16-8-12-25-20(29)18(16)19(27-28)26-15-5-3-14(23)4-6-15/h3-6,8,12,17,30H,7,9-10,13H2,1-2H3,(H,25,29)(H,26,27)/t17-,22-/m0/s1. The molecule has 1 aliphatic rings. The van der Waals surface area contributed by atoms with Crippen LogP contribution in [0.25, 0.3) is 10.9 Å². The molecule has 162 valence electrons. The minimum Gasteiger partial charge on any atom is -0.388 e. The second kappa shape index (κ2) is 8.00. The lowest BCUT2D eigenvalue weighted by molar-refractivity contribution is -0.140. The first-order valence-corrected chi connectivity index (χ1v) is 10.5. The fourth-order valence-corrected chi connectivity index (χ4v) is 4.22. The zero-order chi connectivity index (χ0) is 22.2. The monoisotopic (exact) mass is 441 g/mol. The van der Waals surface area contributed by atoms with E-state index in [9.17, 15) is 15.2 Å². The Balaban J connectivity index is 1.79. The largest absolute Gasteiger partial charge is 0.388 e. The lowest BCUT2D eigenvalue weighted by atomic mass is 9.83. The third kappa shape index (κ3) is 4.04. The van der Waals surface area contributed by atoms with Gasteiger partial charge in [-0.15, -0.1) is 0 Å². The summed E-state index contributed by atoms with van der Waals surface area (Å²) in [7, 11) is 0. The van der Waals surface area contributed by atoms with Crippen molar-refractivity contribution < 1.29 is 9.84 Å². The van der Waals surface area contributed by atoms with E-state index in [-0.39, 0.29) is 24.7 Å². The van der Waals surface area contributed by atoms with Crippen LogP contribution in [0.3, 0.4) is 0 Å². The molecule has 31 heavy (non-hydrogen) atoms. The predicted molar refractivity (Wildman–Crippen MR) is 119 cm³/mol. The van der Waals surface area contributed by atoms with Crippen LogP contribution in [0.15, 0.2) is 41.3 Å². The number of halogens is 1. The van der Waals surface area contributed by atoms with Crippen LogP contribution in [0.2, 0.25) is 5.02 Å². The van der Waals surface area contributed by atoms with E-state index in [4.69, 9.17) is 21.4 Å². The number of hydrogen-bond donors (Lipinski definition) is 3. The molecule has 1 fully saturated rings. The first kappa shape index (κ1) is 21.4. The van der Waals surface area contributed by atoms with E-state index in [1.165, 1.54) is 0 Å². The van der Waals surface area contributed by atoms with Gasteiger partial charge in [0.2, 0.25) is 0 Å². The molecule has 0 aliphatic carbocycles. The second-order valence-electron chi connectivity index (χ2n) is 8.51. The van der Waals surface area contributed by atoms with E-state index >= 15 is 0 Å². The molecule has 4 rings (SSSR count). The van der Waals surface area contributed by atoms with Gasteiger partial charge in [-0.25, -0.2) is 0 Å². The number of nitriles is 1. The highest BCUT2D eigenvalue weighted by atomic mass is 35.5. The van der Waals surface area contributed by atoms with Crippen molar-refractivity contribution in [1.29, 1.82) is 5.26 Å². The predicted octanol–water partition coefficient (Wildman–Crippen LogP) is 3.68. The van der Waals surface area contributed by atoms with E-state index in [0.29, 0.717) is 34.6 Å². The van der Waals surface area contributed by atoms with Gasteiger partial charge in [-0.1, -0.05) is 11.6 Å². The summed E-state index contributed by atoms with van der Waals surface area (Å²) in [5.74, 6) is 0.390. The lowest BCUT2D eigenvalue weighted by Gasteiger charge is -2.42. The Bertz CT molecular complexity index is 1180. The van der Waals surface area contributed by atoms with Gasteiger partial charge >= 0.3 is 0 Å². The van der Waals surface area contributed by atoms with Gasteiger partial charge in [0.1, 0.15) is 5.39 Å². The number of ether oxygens (including phenoxy) is 1. The maximum atomic E-state index is 12.7. The number of aliphatic hydroxyl groups is 1. The highest BCUT2D eigenvalue weighted by Crippen LogP contribution is 2.39. The van der Waals surface area contributed by atoms with Crippen molar-refractivity contribution >= 4 is 34.0 Å². The van der Waals surface area contributed by atoms with E-state index < -0.39 is 11.1 Å². The molecule has 1 aliphatic heterocycles. The van der Waals surface area contributed by atoms with Crippen LogP contribution in [0.1, 0.15) is 33.1 Å². The summed E-state index contributed by atoms with van der Waals surface area (Å²) in [6.07, 6.45) is 2.54. The van der Waals surface area contributed by atoms with Crippen molar-refractivity contribution in [3.63, 3.8) is 0 Å². The zero-order valence-corrected chi connectivity index (χ0v) is 18.1. The number of anilines is 2. The smallest absolute Gasteiger partial charge is 0.261 e. The summed E-state index contributed by atoms with van der Waals surface area (Å²) in [5, 5.41) is 28.8. The number of benzene rings is 1. The number of nitrogens with one attached hydrogen (secondary N) is 2. The molecule has 0 bridgehead atoms. The summed E-state index contributed by atoms with van der Waals surface area (Å²) in [5.41, 5.74) is -0.666. The molecule has 2 aromatic heterocycles. The van der Waals surface area contributed by atoms with Crippen LogP contribution in [-0.2, 0) is 10.3 Å². The van der Waals surface area contributed by atoms with E-state index in [0.717, 1.165) is 5.69 Å². The molecule has 2 atom stereocenters. The molecular formula is C22H24ClN5O3. The molecule has 0 amide bonds. The van der Waals surface area contributed by atoms with E-state index in [1.807, 2.05) is 0 Å². The SMILES string of the molecule is CC(C)(O)[C@@H]1CC[C@@](CC#N)(n2nc(Nc3ccc(Cl)cc3)c3c(=O)[nH]ccc32)CO1. The first-order chi connectivity index (χ1) is 14.7. The topological polar surface area (TPSA) is 116 Å². The molecule has 0 saturated carbocycles. The number of hydrogen-bond acceptors (Lipinski definition) is 6. The van der Waals surface area contributed by atoms with Crippen molar-refractivity contribution in [2.75, 3.05) is 11.9 Å². The number of H-pyrrole nitrogens is 1. The molecule has 1 aromatic carbocycles. The molecule has 3 heterocycles. The Morgan fingerprint density at radius 1 is 1.42 bits per heavy atom. The first-order valence-electron chi connectivity index (χ1n) is 10.1. The number of aromatic amines is 1. The summed E-state index contributed by atoms with van der Waals surface area (Å²) < 4.78 is 7.74. The number of rotatable bonds is 5. The highest BCUT2D eigenvalue weighted by Gasteiger charge is 2.43. The van der Waals surface area contributed by atoms with Gasteiger partial charge in [-0.3, -0.25) is 9.48 Å². The molecular weight excluding hydrogens is 418 g/mol. The Kier molecular flexibility index (Phi) is 5.52. The van der Waals surface area contributed by atoms with Crippen molar-refractivity contribution in [2.45, 2.75) is 50.4 Å². The van der Waals surface area contributed by atoms with Crippen molar-refractivity contribution in [3.8, 4) is 6.07 Å². The second-order valence-corrected chi connectivity index (χ2v) is 8.95. The molecule has 0 spiro atoms. The highest BCUT2D eigenvalue weighted by molar-refractivity contribution is 6.30. The average Bonchev–Trinajstić information content (AvgIpc) is 3.10. The Morgan fingerprint density at radius 2 is 2.16 bits per heavy atom. The van der Waals surface area contributed by atoms with Crippen LogP contribution in [0, 0.1) is 11.3 Å². The molecule has 3 N–H and O–H groups in total. The minimum absolute atomic E-state index is 0.162. The number of aromatic nitrogens is 3. The van der Waals surface area contributed by atoms with Crippen LogP contribution in [0.5, 0.6) is 0 Å². The van der Waals surface area contributed by atoms with Crippen molar-refractivity contribution in [2.24, 2.45) is 0 Å². The fraction of sp³-hybridized carbons (Fsp3) is 0.409. The van der Waals surface area contributed by atoms with Crippen LogP contribution in [-0.4, -0.2) is 38.2 Å².